The summed E-state index contributed by atoms with van der Waals surface area (Å²) in [5.74, 6) is 2.17. The van der Waals surface area contributed by atoms with Crippen LogP contribution >= 0.6 is 0 Å². The smallest absolute Gasteiger partial charge is 0.272 e. The Labute approximate surface area is 167 Å². The molecule has 5 nitrogen and oxygen atoms in total. The number of anilines is 1. The van der Waals surface area contributed by atoms with E-state index in [1.165, 1.54) is 5.56 Å². The third-order valence-electron chi connectivity index (χ3n) is 6.20. The Balaban J connectivity index is 1.34. The second kappa shape index (κ2) is 8.72. The quantitative estimate of drug-likeness (QED) is 0.812. The van der Waals surface area contributed by atoms with E-state index < -0.39 is 0 Å². The number of piperidine rings is 2. The van der Waals surface area contributed by atoms with Gasteiger partial charge in [-0.1, -0.05) is 37.3 Å². The molecular formula is C23H30N4O. The summed E-state index contributed by atoms with van der Waals surface area (Å²) in [4.78, 5) is 26.2. The minimum absolute atomic E-state index is 0.0483. The van der Waals surface area contributed by atoms with Gasteiger partial charge < -0.3 is 9.80 Å². The first-order chi connectivity index (χ1) is 13.7. The van der Waals surface area contributed by atoms with Gasteiger partial charge in [0.05, 0.1) is 0 Å². The zero-order valence-corrected chi connectivity index (χ0v) is 16.8. The lowest BCUT2D eigenvalue weighted by Crippen LogP contribution is -2.39. The van der Waals surface area contributed by atoms with E-state index in [0.717, 1.165) is 64.2 Å². The molecule has 4 rings (SSSR count). The van der Waals surface area contributed by atoms with Gasteiger partial charge in [0, 0.05) is 32.4 Å². The van der Waals surface area contributed by atoms with Gasteiger partial charge in [0.1, 0.15) is 5.69 Å². The van der Waals surface area contributed by atoms with Crippen LogP contribution in [0.25, 0.3) is 0 Å². The van der Waals surface area contributed by atoms with Gasteiger partial charge in [-0.15, -0.1) is 0 Å². The van der Waals surface area contributed by atoms with Crippen molar-refractivity contribution in [3.05, 3.63) is 53.9 Å². The van der Waals surface area contributed by atoms with E-state index in [2.05, 4.69) is 52.1 Å². The fourth-order valence-electron chi connectivity index (χ4n) is 4.28. The highest BCUT2D eigenvalue weighted by Crippen LogP contribution is 2.24. The molecule has 1 aromatic carbocycles. The molecule has 2 fully saturated rings. The van der Waals surface area contributed by atoms with Crippen molar-refractivity contribution >= 4 is 11.9 Å². The van der Waals surface area contributed by atoms with Gasteiger partial charge in [0.15, 0.2) is 0 Å². The summed E-state index contributed by atoms with van der Waals surface area (Å²) in [6, 6.07) is 12.4. The van der Waals surface area contributed by atoms with Gasteiger partial charge in [-0.25, -0.2) is 9.97 Å². The van der Waals surface area contributed by atoms with Gasteiger partial charge in [-0.05, 0) is 55.6 Å². The molecule has 2 aromatic rings. The van der Waals surface area contributed by atoms with E-state index in [-0.39, 0.29) is 5.91 Å². The molecule has 0 N–H and O–H groups in total. The Morgan fingerprint density at radius 3 is 2.43 bits per heavy atom. The van der Waals surface area contributed by atoms with Crippen LogP contribution in [-0.2, 0) is 6.42 Å². The number of benzene rings is 1. The third-order valence-corrected chi connectivity index (χ3v) is 6.20. The maximum absolute atomic E-state index is 13.0. The van der Waals surface area contributed by atoms with Crippen LogP contribution in [0.3, 0.4) is 0 Å². The van der Waals surface area contributed by atoms with Crippen LogP contribution in [0.5, 0.6) is 0 Å². The Bertz CT molecular complexity index is 778. The first-order valence-corrected chi connectivity index (χ1v) is 10.6. The summed E-state index contributed by atoms with van der Waals surface area (Å²) in [7, 11) is 0. The normalized spacial score (nSPS) is 19.0. The fraction of sp³-hybridized carbons (Fsp3) is 0.522. The summed E-state index contributed by atoms with van der Waals surface area (Å²) < 4.78 is 0. The summed E-state index contributed by atoms with van der Waals surface area (Å²) >= 11 is 0. The van der Waals surface area contributed by atoms with Crippen molar-refractivity contribution in [2.45, 2.75) is 39.0 Å². The molecule has 148 valence electrons. The SMILES string of the molecule is CC1CCN(c2nccc(C(=O)N3CCC(Cc4ccccc4)CC3)n2)CC1. The molecule has 0 aliphatic carbocycles. The zero-order chi connectivity index (χ0) is 19.3. The summed E-state index contributed by atoms with van der Waals surface area (Å²) in [5.41, 5.74) is 1.92. The average molecular weight is 379 g/mol. The zero-order valence-electron chi connectivity index (χ0n) is 16.8. The van der Waals surface area contributed by atoms with Crippen molar-refractivity contribution in [3.63, 3.8) is 0 Å². The minimum atomic E-state index is 0.0483. The lowest BCUT2D eigenvalue weighted by Gasteiger charge is -2.32. The van der Waals surface area contributed by atoms with Crippen molar-refractivity contribution < 1.29 is 4.79 Å². The van der Waals surface area contributed by atoms with Crippen LogP contribution in [0, 0.1) is 11.8 Å². The lowest BCUT2D eigenvalue weighted by molar-refractivity contribution is 0.0684. The molecule has 2 saturated heterocycles. The average Bonchev–Trinajstić information content (AvgIpc) is 2.75. The molecule has 0 radical (unpaired) electrons. The largest absolute Gasteiger partial charge is 0.341 e. The van der Waals surface area contributed by atoms with Gasteiger partial charge in [-0.3, -0.25) is 4.79 Å². The molecule has 0 spiro atoms. The molecule has 2 aliphatic heterocycles. The second-order valence-electron chi connectivity index (χ2n) is 8.34. The number of rotatable bonds is 4. The van der Waals surface area contributed by atoms with E-state index >= 15 is 0 Å². The molecule has 0 unspecified atom stereocenters. The number of amides is 1. The van der Waals surface area contributed by atoms with Gasteiger partial charge in [0.2, 0.25) is 5.95 Å². The second-order valence-corrected chi connectivity index (χ2v) is 8.34. The molecule has 1 aromatic heterocycles. The van der Waals surface area contributed by atoms with Crippen molar-refractivity contribution in [3.8, 4) is 0 Å². The summed E-state index contributed by atoms with van der Waals surface area (Å²) in [5, 5.41) is 0. The van der Waals surface area contributed by atoms with Crippen molar-refractivity contribution in [2.24, 2.45) is 11.8 Å². The van der Waals surface area contributed by atoms with E-state index in [9.17, 15) is 4.79 Å². The van der Waals surface area contributed by atoms with E-state index in [0.29, 0.717) is 17.6 Å². The van der Waals surface area contributed by atoms with Crippen molar-refractivity contribution in [1.29, 1.82) is 0 Å². The highest BCUT2D eigenvalue weighted by Gasteiger charge is 2.25. The predicted octanol–water partition coefficient (Wildman–Crippen LogP) is 3.81. The fourth-order valence-corrected chi connectivity index (χ4v) is 4.28. The predicted molar refractivity (Wildman–Crippen MR) is 111 cm³/mol. The van der Waals surface area contributed by atoms with Gasteiger partial charge >= 0.3 is 0 Å². The van der Waals surface area contributed by atoms with Crippen molar-refractivity contribution in [1.82, 2.24) is 14.9 Å². The first-order valence-electron chi connectivity index (χ1n) is 10.6. The molecule has 0 bridgehead atoms. The molecule has 0 saturated carbocycles. The van der Waals surface area contributed by atoms with Crippen LogP contribution in [-0.4, -0.2) is 47.0 Å². The molecule has 1 amide bonds. The number of carbonyl (C=O) groups excluding carboxylic acids is 1. The summed E-state index contributed by atoms with van der Waals surface area (Å²) in [6.45, 7) is 5.88. The van der Waals surface area contributed by atoms with Crippen LogP contribution < -0.4 is 4.90 Å². The monoisotopic (exact) mass is 378 g/mol. The summed E-state index contributed by atoms with van der Waals surface area (Å²) in [6.07, 6.45) is 7.28. The molecule has 0 atom stereocenters. The Morgan fingerprint density at radius 1 is 1.00 bits per heavy atom. The standard InChI is InChI=1S/C23H30N4O/c1-18-8-13-27(14-9-18)23-24-12-7-21(25-23)22(28)26-15-10-20(11-16-26)17-19-5-3-2-4-6-19/h2-7,12,18,20H,8-11,13-17H2,1H3. The van der Waals surface area contributed by atoms with E-state index in [4.69, 9.17) is 0 Å². The highest BCUT2D eigenvalue weighted by molar-refractivity contribution is 5.92. The maximum atomic E-state index is 13.0. The maximum Gasteiger partial charge on any atom is 0.272 e. The van der Waals surface area contributed by atoms with Crippen LogP contribution in [0.1, 0.15) is 48.7 Å². The molecule has 5 heteroatoms. The first kappa shape index (κ1) is 18.9. The number of nitrogens with zero attached hydrogens (tertiary/aromatic N) is 4. The molecule has 28 heavy (non-hydrogen) atoms. The van der Waals surface area contributed by atoms with Crippen LogP contribution in [0.15, 0.2) is 42.6 Å². The topological polar surface area (TPSA) is 49.3 Å². The molecule has 2 aliphatic rings. The van der Waals surface area contributed by atoms with Crippen molar-refractivity contribution in [2.75, 3.05) is 31.1 Å². The molecule has 3 heterocycles. The lowest BCUT2D eigenvalue weighted by atomic mass is 9.90. The third kappa shape index (κ3) is 4.51. The van der Waals surface area contributed by atoms with E-state index in [1.807, 2.05) is 4.90 Å². The number of hydrogen-bond donors (Lipinski definition) is 0. The van der Waals surface area contributed by atoms with Gasteiger partial charge in [0.25, 0.3) is 5.91 Å². The minimum Gasteiger partial charge on any atom is -0.341 e. The van der Waals surface area contributed by atoms with E-state index in [1.54, 1.807) is 12.3 Å². The Hall–Kier alpha value is -2.43. The Morgan fingerprint density at radius 2 is 1.71 bits per heavy atom. The number of likely N-dealkylation sites (tertiary alicyclic amines) is 1. The number of hydrogen-bond acceptors (Lipinski definition) is 4. The van der Waals surface area contributed by atoms with Crippen LogP contribution in [0.4, 0.5) is 5.95 Å². The molecular weight excluding hydrogens is 348 g/mol. The number of aromatic nitrogens is 2. The van der Waals surface area contributed by atoms with Crippen LogP contribution in [0.2, 0.25) is 0 Å². The van der Waals surface area contributed by atoms with Gasteiger partial charge in [-0.2, -0.15) is 0 Å². The highest BCUT2D eigenvalue weighted by atomic mass is 16.2. The number of carbonyl (C=O) groups is 1. The Kier molecular flexibility index (Phi) is 5.89.